The second-order valence-electron chi connectivity index (χ2n) is 4.38. The molecule has 0 aliphatic carbocycles. The zero-order chi connectivity index (χ0) is 13.2. The molecule has 7 nitrogen and oxygen atoms in total. The fraction of sp³-hybridized carbons (Fsp3) is 0.250. The smallest absolute Gasteiger partial charge is 0.225 e. The van der Waals surface area contributed by atoms with Gasteiger partial charge in [-0.2, -0.15) is 0 Å². The Bertz CT molecular complexity index is 593. The fourth-order valence-electron chi connectivity index (χ4n) is 2.00. The van der Waals surface area contributed by atoms with Crippen molar-refractivity contribution in [2.45, 2.75) is 5.92 Å². The third-order valence-electron chi connectivity index (χ3n) is 3.07. The van der Waals surface area contributed by atoms with E-state index in [1.54, 1.807) is 6.20 Å². The lowest BCUT2D eigenvalue weighted by Gasteiger charge is -2.38. The maximum absolute atomic E-state index is 10.5. The summed E-state index contributed by atoms with van der Waals surface area (Å²) in [7, 11) is 0. The Hall–Kier alpha value is -2.57. The van der Waals surface area contributed by atoms with E-state index in [2.05, 4.69) is 19.9 Å². The average Bonchev–Trinajstić information content (AvgIpc) is 2.38. The monoisotopic (exact) mass is 256 g/mol. The lowest BCUT2D eigenvalue weighted by atomic mass is 9.96. The van der Waals surface area contributed by atoms with Crippen LogP contribution in [0.2, 0.25) is 0 Å². The van der Waals surface area contributed by atoms with Crippen molar-refractivity contribution in [2.75, 3.05) is 23.7 Å². The molecule has 3 heterocycles. The molecule has 0 saturated carbocycles. The Morgan fingerprint density at radius 2 is 2.00 bits per heavy atom. The van der Waals surface area contributed by atoms with Crippen LogP contribution in [0.3, 0.4) is 0 Å². The van der Waals surface area contributed by atoms with E-state index in [1.165, 1.54) is 12.4 Å². The van der Waals surface area contributed by atoms with Gasteiger partial charge in [0.15, 0.2) is 6.29 Å². The van der Waals surface area contributed by atoms with Crippen molar-refractivity contribution in [2.24, 2.45) is 0 Å². The van der Waals surface area contributed by atoms with E-state index in [1.807, 2.05) is 11.0 Å². The summed E-state index contributed by atoms with van der Waals surface area (Å²) in [6.07, 6.45) is 5.43. The normalized spacial score (nSPS) is 15.1. The van der Waals surface area contributed by atoms with Crippen molar-refractivity contribution in [3.8, 4) is 0 Å². The van der Waals surface area contributed by atoms with Gasteiger partial charge in [-0.15, -0.1) is 0 Å². The summed E-state index contributed by atoms with van der Waals surface area (Å²) in [5, 5.41) is 0. The Morgan fingerprint density at radius 3 is 2.63 bits per heavy atom. The van der Waals surface area contributed by atoms with Crippen LogP contribution in [0.25, 0.3) is 0 Å². The first-order chi connectivity index (χ1) is 9.26. The van der Waals surface area contributed by atoms with E-state index < -0.39 is 0 Å². The van der Waals surface area contributed by atoms with Gasteiger partial charge in [0.05, 0.1) is 11.3 Å². The number of nitrogens with zero attached hydrogens (tertiary/aromatic N) is 5. The molecular formula is C12H12N6O. The zero-order valence-electron chi connectivity index (χ0n) is 10.1. The van der Waals surface area contributed by atoms with E-state index in [-0.39, 0.29) is 0 Å². The molecule has 0 amide bonds. The van der Waals surface area contributed by atoms with Crippen molar-refractivity contribution < 1.29 is 4.79 Å². The van der Waals surface area contributed by atoms with Crippen LogP contribution in [0.4, 0.5) is 11.9 Å². The van der Waals surface area contributed by atoms with E-state index in [0.717, 1.165) is 25.1 Å². The SMILES string of the molecule is Nc1nccc(C2CN(c3ncc(C=O)cn3)C2)n1. The number of carbonyl (C=O) groups is 1. The van der Waals surface area contributed by atoms with Gasteiger partial charge in [-0.05, 0) is 6.07 Å². The number of rotatable bonds is 3. The minimum Gasteiger partial charge on any atom is -0.368 e. The molecule has 0 spiro atoms. The van der Waals surface area contributed by atoms with Crippen LogP contribution in [0.5, 0.6) is 0 Å². The molecule has 1 fully saturated rings. The number of nitrogen functional groups attached to an aromatic ring is 1. The van der Waals surface area contributed by atoms with E-state index in [4.69, 9.17) is 5.73 Å². The molecule has 96 valence electrons. The Labute approximate surface area is 109 Å². The molecule has 0 bridgehead atoms. The lowest BCUT2D eigenvalue weighted by Crippen LogP contribution is -2.46. The zero-order valence-corrected chi connectivity index (χ0v) is 10.1. The summed E-state index contributed by atoms with van der Waals surface area (Å²) < 4.78 is 0. The first-order valence-electron chi connectivity index (χ1n) is 5.87. The quantitative estimate of drug-likeness (QED) is 0.787. The molecule has 2 aromatic heterocycles. The molecule has 0 unspecified atom stereocenters. The number of nitrogens with two attached hydrogens (primary N) is 1. The predicted octanol–water partition coefficient (Wildman–Crippen LogP) is 0.265. The van der Waals surface area contributed by atoms with Gasteiger partial charge in [0.1, 0.15) is 0 Å². The number of hydrogen-bond donors (Lipinski definition) is 1. The maximum Gasteiger partial charge on any atom is 0.225 e. The van der Waals surface area contributed by atoms with E-state index >= 15 is 0 Å². The van der Waals surface area contributed by atoms with Crippen molar-refractivity contribution in [3.63, 3.8) is 0 Å². The van der Waals surface area contributed by atoms with Crippen LogP contribution in [0.1, 0.15) is 22.0 Å². The molecular weight excluding hydrogens is 244 g/mol. The minimum atomic E-state index is 0.294. The Balaban J connectivity index is 1.67. The molecule has 1 aliphatic rings. The minimum absolute atomic E-state index is 0.294. The molecule has 19 heavy (non-hydrogen) atoms. The average molecular weight is 256 g/mol. The molecule has 2 aromatic rings. The molecule has 0 aromatic carbocycles. The van der Waals surface area contributed by atoms with Gasteiger partial charge in [0.2, 0.25) is 11.9 Å². The standard InChI is InChI=1S/C12H12N6O/c13-11-14-2-1-10(17-11)9-5-18(6-9)12-15-3-8(7-19)4-16-12/h1-4,7,9H,5-6H2,(H2,13,14,17). The number of aldehydes is 1. The van der Waals surface area contributed by atoms with Crippen LogP contribution < -0.4 is 10.6 Å². The molecule has 0 radical (unpaired) electrons. The summed E-state index contributed by atoms with van der Waals surface area (Å²) in [6, 6.07) is 1.87. The van der Waals surface area contributed by atoms with Crippen LogP contribution in [0, 0.1) is 0 Å². The highest BCUT2D eigenvalue weighted by molar-refractivity contribution is 5.73. The number of aromatic nitrogens is 4. The van der Waals surface area contributed by atoms with Crippen molar-refractivity contribution in [3.05, 3.63) is 35.9 Å². The van der Waals surface area contributed by atoms with Crippen LogP contribution in [0.15, 0.2) is 24.7 Å². The highest BCUT2D eigenvalue weighted by atomic mass is 16.1. The maximum atomic E-state index is 10.5. The van der Waals surface area contributed by atoms with E-state index in [9.17, 15) is 4.79 Å². The first kappa shape index (κ1) is 11.5. The van der Waals surface area contributed by atoms with E-state index in [0.29, 0.717) is 23.4 Å². The number of hydrogen-bond acceptors (Lipinski definition) is 7. The van der Waals surface area contributed by atoms with Crippen molar-refractivity contribution in [1.29, 1.82) is 0 Å². The largest absolute Gasteiger partial charge is 0.368 e. The van der Waals surface area contributed by atoms with Crippen molar-refractivity contribution in [1.82, 2.24) is 19.9 Å². The molecule has 0 atom stereocenters. The van der Waals surface area contributed by atoms with Gasteiger partial charge in [-0.25, -0.2) is 19.9 Å². The van der Waals surface area contributed by atoms with Gasteiger partial charge < -0.3 is 10.6 Å². The Kier molecular flexibility index (Phi) is 2.79. The lowest BCUT2D eigenvalue weighted by molar-refractivity contribution is 0.112. The van der Waals surface area contributed by atoms with Gasteiger partial charge >= 0.3 is 0 Å². The number of anilines is 2. The predicted molar refractivity (Wildman–Crippen MR) is 68.8 cm³/mol. The second kappa shape index (κ2) is 4.60. The van der Waals surface area contributed by atoms with Gasteiger partial charge in [0.25, 0.3) is 0 Å². The van der Waals surface area contributed by atoms with Gasteiger partial charge in [0, 0.05) is 37.6 Å². The van der Waals surface area contributed by atoms with Crippen LogP contribution >= 0.6 is 0 Å². The third-order valence-corrected chi connectivity index (χ3v) is 3.07. The highest BCUT2D eigenvalue weighted by Gasteiger charge is 2.31. The fourth-order valence-corrected chi connectivity index (χ4v) is 2.00. The van der Waals surface area contributed by atoms with Crippen LogP contribution in [-0.4, -0.2) is 39.3 Å². The van der Waals surface area contributed by atoms with Gasteiger partial charge in [-0.3, -0.25) is 4.79 Å². The molecule has 1 aliphatic heterocycles. The van der Waals surface area contributed by atoms with Crippen molar-refractivity contribution >= 4 is 18.2 Å². The first-order valence-corrected chi connectivity index (χ1v) is 5.87. The number of carbonyl (C=O) groups excluding carboxylic acids is 1. The molecule has 2 N–H and O–H groups in total. The summed E-state index contributed by atoms with van der Waals surface area (Å²) >= 11 is 0. The van der Waals surface area contributed by atoms with Gasteiger partial charge in [-0.1, -0.05) is 0 Å². The second-order valence-corrected chi connectivity index (χ2v) is 4.38. The molecule has 1 saturated heterocycles. The topological polar surface area (TPSA) is 97.9 Å². The highest BCUT2D eigenvalue weighted by Crippen LogP contribution is 2.28. The van der Waals surface area contributed by atoms with Crippen LogP contribution in [-0.2, 0) is 0 Å². The summed E-state index contributed by atoms with van der Waals surface area (Å²) in [5.41, 5.74) is 6.97. The summed E-state index contributed by atoms with van der Waals surface area (Å²) in [6.45, 7) is 1.58. The third kappa shape index (κ3) is 2.22. The molecule has 7 heteroatoms. The Morgan fingerprint density at radius 1 is 1.26 bits per heavy atom. The molecule has 3 rings (SSSR count). The summed E-state index contributed by atoms with van der Waals surface area (Å²) in [4.78, 5) is 28.9. The summed E-state index contributed by atoms with van der Waals surface area (Å²) in [5.74, 6) is 1.24.